The molecular weight excluding hydrogens is 287 g/mol. The van der Waals surface area contributed by atoms with Crippen molar-refractivity contribution in [1.82, 2.24) is 0 Å². The van der Waals surface area contributed by atoms with Crippen LogP contribution in [0.25, 0.3) is 0 Å². The number of amides is 1. The number of carbonyl (C=O) groups excluding carboxylic acids is 1. The maximum atomic E-state index is 12.8. The number of carbonyl (C=O) groups is 1. The summed E-state index contributed by atoms with van der Waals surface area (Å²) in [5.41, 5.74) is -0.131. The van der Waals surface area contributed by atoms with Crippen molar-refractivity contribution in [2.24, 2.45) is 0 Å². The van der Waals surface area contributed by atoms with Gasteiger partial charge in [0.05, 0.1) is 4.32 Å². The zero-order valence-corrected chi connectivity index (χ0v) is 10.2. The number of alkyl halides is 1. The van der Waals surface area contributed by atoms with Gasteiger partial charge in [-0.25, -0.2) is 13.2 Å². The van der Waals surface area contributed by atoms with Crippen LogP contribution in [0.4, 0.5) is 18.9 Å². The van der Waals surface area contributed by atoms with Crippen molar-refractivity contribution in [3.8, 4) is 0 Å². The van der Waals surface area contributed by atoms with Crippen LogP contribution < -0.4 is 5.32 Å². The normalized spacial score (nSPS) is 11.4. The molecule has 0 atom stereocenters. The Kier molecular flexibility index (Phi) is 3.62. The van der Waals surface area contributed by atoms with E-state index < -0.39 is 27.7 Å². The van der Waals surface area contributed by atoms with Gasteiger partial charge in [-0.05, 0) is 13.8 Å². The summed E-state index contributed by atoms with van der Waals surface area (Å²) in [4.78, 5) is 11.4. The molecule has 0 saturated carbocycles. The molecule has 0 aromatic heterocycles. The molecule has 16 heavy (non-hydrogen) atoms. The molecule has 1 aromatic carbocycles. The van der Waals surface area contributed by atoms with Gasteiger partial charge in [-0.15, -0.1) is 0 Å². The molecule has 0 unspecified atom stereocenters. The van der Waals surface area contributed by atoms with E-state index in [1.165, 1.54) is 0 Å². The van der Waals surface area contributed by atoms with E-state index in [4.69, 9.17) is 0 Å². The monoisotopic (exact) mass is 295 g/mol. The number of halogens is 4. The molecule has 0 aliphatic rings. The standard InChI is InChI=1S/C10H9BrF3NO/c1-10(2,11)9(16)15-5-3-6(12)8(14)7(13)4-5/h3-4H,1-2H3,(H,15,16). The van der Waals surface area contributed by atoms with Crippen LogP contribution in [-0.4, -0.2) is 10.2 Å². The van der Waals surface area contributed by atoms with Crippen LogP contribution in [0, 0.1) is 17.5 Å². The van der Waals surface area contributed by atoms with Crippen molar-refractivity contribution >= 4 is 27.5 Å². The van der Waals surface area contributed by atoms with Crippen LogP contribution >= 0.6 is 15.9 Å². The predicted octanol–water partition coefficient (Wildman–Crippen LogP) is 3.22. The molecule has 0 aliphatic carbocycles. The summed E-state index contributed by atoms with van der Waals surface area (Å²) in [5, 5.41) is 2.26. The highest BCUT2D eigenvalue weighted by molar-refractivity contribution is 9.10. The van der Waals surface area contributed by atoms with Gasteiger partial charge in [0.2, 0.25) is 5.91 Å². The van der Waals surface area contributed by atoms with Crippen LogP contribution in [0.5, 0.6) is 0 Å². The van der Waals surface area contributed by atoms with Crippen LogP contribution in [-0.2, 0) is 4.79 Å². The van der Waals surface area contributed by atoms with Gasteiger partial charge in [-0.2, -0.15) is 0 Å². The van der Waals surface area contributed by atoms with Gasteiger partial charge in [-0.1, -0.05) is 15.9 Å². The van der Waals surface area contributed by atoms with Crippen molar-refractivity contribution in [2.45, 2.75) is 18.2 Å². The molecule has 0 saturated heterocycles. The maximum Gasteiger partial charge on any atom is 0.240 e. The van der Waals surface area contributed by atoms with Gasteiger partial charge >= 0.3 is 0 Å². The highest BCUT2D eigenvalue weighted by atomic mass is 79.9. The Hall–Kier alpha value is -1.04. The van der Waals surface area contributed by atoms with Crippen molar-refractivity contribution in [2.75, 3.05) is 5.32 Å². The second kappa shape index (κ2) is 4.45. The molecule has 1 N–H and O–H groups in total. The summed E-state index contributed by atoms with van der Waals surface area (Å²) in [5.74, 6) is -4.74. The molecule has 0 heterocycles. The molecule has 0 aliphatic heterocycles. The van der Waals surface area contributed by atoms with E-state index in [9.17, 15) is 18.0 Å². The van der Waals surface area contributed by atoms with Gasteiger partial charge in [0.1, 0.15) is 0 Å². The summed E-state index contributed by atoms with van der Waals surface area (Å²) in [6, 6.07) is 1.43. The van der Waals surface area contributed by atoms with Gasteiger partial charge in [0.15, 0.2) is 17.5 Å². The predicted molar refractivity (Wildman–Crippen MR) is 58.0 cm³/mol. The summed E-state index contributed by atoms with van der Waals surface area (Å²) in [6.45, 7) is 3.14. The van der Waals surface area contributed by atoms with Crippen molar-refractivity contribution in [3.05, 3.63) is 29.6 Å². The van der Waals surface area contributed by atoms with Gasteiger partial charge in [-0.3, -0.25) is 4.79 Å². The van der Waals surface area contributed by atoms with Crippen LogP contribution in [0.1, 0.15) is 13.8 Å². The lowest BCUT2D eigenvalue weighted by atomic mass is 10.2. The van der Waals surface area contributed by atoms with E-state index in [1.807, 2.05) is 0 Å². The van der Waals surface area contributed by atoms with Gasteiger partial charge < -0.3 is 5.32 Å². The lowest BCUT2D eigenvalue weighted by Crippen LogP contribution is -2.31. The summed E-state index contributed by atoms with van der Waals surface area (Å²) >= 11 is 3.08. The average molecular weight is 296 g/mol. The fourth-order valence-electron chi connectivity index (χ4n) is 0.907. The average Bonchev–Trinajstić information content (AvgIpc) is 2.12. The lowest BCUT2D eigenvalue weighted by Gasteiger charge is -2.15. The quantitative estimate of drug-likeness (QED) is 0.659. The fraction of sp³-hybridized carbons (Fsp3) is 0.300. The second-order valence-corrected chi connectivity index (χ2v) is 5.66. The topological polar surface area (TPSA) is 29.1 Å². The molecule has 2 nitrogen and oxygen atoms in total. The third kappa shape index (κ3) is 2.98. The molecule has 88 valence electrons. The zero-order valence-electron chi connectivity index (χ0n) is 8.57. The maximum absolute atomic E-state index is 12.8. The Morgan fingerprint density at radius 1 is 1.25 bits per heavy atom. The molecule has 0 spiro atoms. The molecule has 1 rings (SSSR count). The molecular formula is C10H9BrF3NO. The van der Waals surface area contributed by atoms with Crippen LogP contribution in [0.3, 0.4) is 0 Å². The second-order valence-electron chi connectivity index (χ2n) is 3.68. The Labute approximate surface area is 99.0 Å². The molecule has 1 aromatic rings. The van der Waals surface area contributed by atoms with Crippen molar-refractivity contribution < 1.29 is 18.0 Å². The minimum absolute atomic E-state index is 0.131. The fourth-order valence-corrected chi connectivity index (χ4v) is 1.01. The molecule has 1 amide bonds. The van der Waals surface area contributed by atoms with E-state index in [0.717, 1.165) is 12.1 Å². The number of benzene rings is 1. The molecule has 0 fully saturated rings. The third-order valence-corrected chi connectivity index (χ3v) is 2.14. The van der Waals surface area contributed by atoms with Crippen LogP contribution in [0.2, 0.25) is 0 Å². The highest BCUT2D eigenvalue weighted by Crippen LogP contribution is 2.21. The Balaban J connectivity index is 2.96. The summed E-state index contributed by atoms with van der Waals surface area (Å²) in [6.07, 6.45) is 0. The van der Waals surface area contributed by atoms with E-state index in [-0.39, 0.29) is 5.69 Å². The number of rotatable bonds is 2. The van der Waals surface area contributed by atoms with Crippen molar-refractivity contribution in [1.29, 1.82) is 0 Å². The molecule has 6 heteroatoms. The third-order valence-electron chi connectivity index (χ3n) is 1.78. The molecule has 0 bridgehead atoms. The van der Waals surface area contributed by atoms with E-state index in [1.54, 1.807) is 13.8 Å². The van der Waals surface area contributed by atoms with Crippen LogP contribution in [0.15, 0.2) is 12.1 Å². The minimum Gasteiger partial charge on any atom is -0.325 e. The van der Waals surface area contributed by atoms with Crippen molar-refractivity contribution in [3.63, 3.8) is 0 Å². The first kappa shape index (κ1) is 13.0. The number of hydrogen-bond acceptors (Lipinski definition) is 1. The largest absolute Gasteiger partial charge is 0.325 e. The lowest BCUT2D eigenvalue weighted by molar-refractivity contribution is -0.117. The zero-order chi connectivity index (χ0) is 12.5. The first-order valence-corrected chi connectivity index (χ1v) is 5.16. The van der Waals surface area contributed by atoms with Gasteiger partial charge in [0, 0.05) is 17.8 Å². The minimum atomic E-state index is -1.56. The first-order valence-electron chi connectivity index (χ1n) is 4.36. The number of hydrogen-bond donors (Lipinski definition) is 1. The van der Waals surface area contributed by atoms with Gasteiger partial charge in [0.25, 0.3) is 0 Å². The Morgan fingerprint density at radius 2 is 1.69 bits per heavy atom. The molecule has 0 radical (unpaired) electrons. The smallest absolute Gasteiger partial charge is 0.240 e. The van der Waals surface area contributed by atoms with E-state index in [0.29, 0.717) is 0 Å². The highest BCUT2D eigenvalue weighted by Gasteiger charge is 2.24. The number of nitrogens with one attached hydrogen (secondary N) is 1. The Morgan fingerprint density at radius 3 is 2.06 bits per heavy atom. The van der Waals surface area contributed by atoms with E-state index >= 15 is 0 Å². The number of anilines is 1. The Bertz CT molecular complexity index is 406. The summed E-state index contributed by atoms with van der Waals surface area (Å²) < 4.78 is 37.3. The summed E-state index contributed by atoms with van der Waals surface area (Å²) in [7, 11) is 0. The van der Waals surface area contributed by atoms with E-state index in [2.05, 4.69) is 21.2 Å². The first-order chi connectivity index (χ1) is 7.21. The SMILES string of the molecule is CC(C)(Br)C(=O)Nc1cc(F)c(F)c(F)c1.